The van der Waals surface area contributed by atoms with Gasteiger partial charge < -0.3 is 14.8 Å². The number of nitrogens with one attached hydrogen (secondary N) is 1. The van der Waals surface area contributed by atoms with Gasteiger partial charge in [-0.2, -0.15) is 0 Å². The molecule has 1 N–H and O–H groups in total. The quantitative estimate of drug-likeness (QED) is 0.634. The Bertz CT molecular complexity index is 938. The number of para-hydroxylation sites is 3. The van der Waals surface area contributed by atoms with E-state index in [1.165, 1.54) is 0 Å². The number of esters is 1. The molecule has 0 saturated carbocycles. The molecule has 5 nitrogen and oxygen atoms in total. The maximum Gasteiger partial charge on any atom is 0.340 e. The fourth-order valence-corrected chi connectivity index (χ4v) is 2.53. The monoisotopic (exact) mass is 361 g/mol. The third-order valence-electron chi connectivity index (χ3n) is 3.77. The predicted octanol–water partition coefficient (Wildman–Crippen LogP) is 4.91. The number of amides is 1. The van der Waals surface area contributed by atoms with E-state index in [0.29, 0.717) is 28.3 Å². The van der Waals surface area contributed by atoms with Crippen molar-refractivity contribution in [2.75, 3.05) is 11.9 Å². The lowest BCUT2D eigenvalue weighted by Gasteiger charge is -2.13. The van der Waals surface area contributed by atoms with Crippen LogP contribution in [0.25, 0.3) is 0 Å². The van der Waals surface area contributed by atoms with E-state index in [1.54, 1.807) is 55.5 Å². The number of hydrogen-bond donors (Lipinski definition) is 1. The number of carbonyl (C=O) groups is 2. The van der Waals surface area contributed by atoms with Gasteiger partial charge >= 0.3 is 5.97 Å². The van der Waals surface area contributed by atoms with Gasteiger partial charge in [-0.25, -0.2) is 4.79 Å². The van der Waals surface area contributed by atoms with Gasteiger partial charge in [0.15, 0.2) is 0 Å². The van der Waals surface area contributed by atoms with Crippen LogP contribution in [0.3, 0.4) is 0 Å². The fourth-order valence-electron chi connectivity index (χ4n) is 2.53. The van der Waals surface area contributed by atoms with Crippen molar-refractivity contribution < 1.29 is 19.1 Å². The van der Waals surface area contributed by atoms with Gasteiger partial charge in [-0.3, -0.25) is 4.79 Å². The Kier molecular flexibility index (Phi) is 5.84. The first-order chi connectivity index (χ1) is 13.2. The van der Waals surface area contributed by atoms with Crippen LogP contribution < -0.4 is 10.1 Å². The number of anilines is 1. The molecule has 0 aromatic heterocycles. The van der Waals surface area contributed by atoms with E-state index in [9.17, 15) is 9.59 Å². The van der Waals surface area contributed by atoms with Gasteiger partial charge in [-0.15, -0.1) is 0 Å². The normalized spacial score (nSPS) is 10.1. The first-order valence-electron chi connectivity index (χ1n) is 8.58. The largest absolute Gasteiger partial charge is 0.462 e. The van der Waals surface area contributed by atoms with Crippen LogP contribution in [0.5, 0.6) is 11.5 Å². The summed E-state index contributed by atoms with van der Waals surface area (Å²) in [6.07, 6.45) is 0. The Hall–Kier alpha value is -3.60. The lowest BCUT2D eigenvalue weighted by molar-refractivity contribution is 0.0527. The van der Waals surface area contributed by atoms with Crippen LogP contribution in [0.4, 0.5) is 5.69 Å². The van der Waals surface area contributed by atoms with Crippen molar-refractivity contribution in [3.8, 4) is 11.5 Å². The molecule has 0 aliphatic carbocycles. The van der Waals surface area contributed by atoms with Crippen molar-refractivity contribution in [1.82, 2.24) is 0 Å². The molecule has 0 bridgehead atoms. The van der Waals surface area contributed by atoms with Crippen molar-refractivity contribution in [2.45, 2.75) is 6.92 Å². The Balaban J connectivity index is 1.85. The molecule has 1 amide bonds. The van der Waals surface area contributed by atoms with Crippen molar-refractivity contribution in [2.24, 2.45) is 0 Å². The SMILES string of the molecule is CCOC(=O)c1ccccc1NC(=O)c1ccccc1Oc1ccccc1. The van der Waals surface area contributed by atoms with E-state index in [1.807, 2.05) is 30.3 Å². The van der Waals surface area contributed by atoms with Crippen LogP contribution in [0, 0.1) is 0 Å². The molecule has 3 aromatic rings. The molecule has 0 atom stereocenters. The maximum atomic E-state index is 12.8. The number of ether oxygens (including phenoxy) is 2. The van der Waals surface area contributed by atoms with Crippen LogP contribution in [-0.4, -0.2) is 18.5 Å². The predicted molar refractivity (Wildman–Crippen MR) is 103 cm³/mol. The molecule has 3 rings (SSSR count). The summed E-state index contributed by atoms with van der Waals surface area (Å²) in [5.41, 5.74) is 1.05. The third kappa shape index (κ3) is 4.52. The summed E-state index contributed by atoms with van der Waals surface area (Å²) in [4.78, 5) is 24.9. The van der Waals surface area contributed by atoms with Crippen molar-refractivity contribution >= 4 is 17.6 Å². The summed E-state index contributed by atoms with van der Waals surface area (Å²) in [5, 5.41) is 2.77. The first-order valence-corrected chi connectivity index (χ1v) is 8.58. The Morgan fingerprint density at radius 2 is 1.44 bits per heavy atom. The second-order valence-corrected chi connectivity index (χ2v) is 5.63. The van der Waals surface area contributed by atoms with E-state index in [0.717, 1.165) is 0 Å². The topological polar surface area (TPSA) is 64.6 Å². The van der Waals surface area contributed by atoms with Crippen molar-refractivity contribution in [1.29, 1.82) is 0 Å². The highest BCUT2D eigenvalue weighted by molar-refractivity contribution is 6.09. The molecule has 3 aromatic carbocycles. The zero-order chi connectivity index (χ0) is 19.1. The van der Waals surface area contributed by atoms with E-state index in [4.69, 9.17) is 9.47 Å². The van der Waals surface area contributed by atoms with E-state index >= 15 is 0 Å². The van der Waals surface area contributed by atoms with Crippen molar-refractivity contribution in [3.63, 3.8) is 0 Å². The Morgan fingerprint density at radius 1 is 0.815 bits per heavy atom. The van der Waals surface area contributed by atoms with Crippen LogP contribution >= 0.6 is 0 Å². The van der Waals surface area contributed by atoms with Crippen LogP contribution in [-0.2, 0) is 4.74 Å². The van der Waals surface area contributed by atoms with Gasteiger partial charge in [0, 0.05) is 0 Å². The number of benzene rings is 3. The van der Waals surface area contributed by atoms with Crippen LogP contribution in [0.2, 0.25) is 0 Å². The molecule has 0 unspecified atom stereocenters. The molecule has 0 fully saturated rings. The fraction of sp³-hybridized carbons (Fsp3) is 0.0909. The Morgan fingerprint density at radius 3 is 2.19 bits per heavy atom. The average Bonchev–Trinajstić information content (AvgIpc) is 2.70. The summed E-state index contributed by atoms with van der Waals surface area (Å²) in [6, 6.07) is 22.9. The maximum absolute atomic E-state index is 12.8. The number of hydrogen-bond acceptors (Lipinski definition) is 4. The minimum Gasteiger partial charge on any atom is -0.462 e. The van der Waals surface area contributed by atoms with E-state index in [-0.39, 0.29) is 12.5 Å². The van der Waals surface area contributed by atoms with Crippen LogP contribution in [0.15, 0.2) is 78.9 Å². The molecule has 0 aliphatic heterocycles. The third-order valence-corrected chi connectivity index (χ3v) is 3.77. The van der Waals surface area contributed by atoms with Gasteiger partial charge in [-0.05, 0) is 43.3 Å². The molecule has 136 valence electrons. The van der Waals surface area contributed by atoms with E-state index < -0.39 is 5.97 Å². The smallest absolute Gasteiger partial charge is 0.340 e. The minimum atomic E-state index is -0.484. The molecule has 0 saturated heterocycles. The zero-order valence-electron chi connectivity index (χ0n) is 14.8. The van der Waals surface area contributed by atoms with Gasteiger partial charge in [0.05, 0.1) is 23.4 Å². The molecular weight excluding hydrogens is 342 g/mol. The van der Waals surface area contributed by atoms with Gasteiger partial charge in [0.1, 0.15) is 11.5 Å². The van der Waals surface area contributed by atoms with Gasteiger partial charge in [0.25, 0.3) is 5.91 Å². The standard InChI is InChI=1S/C22H19NO4/c1-2-26-22(25)17-12-6-8-14-19(17)23-21(24)18-13-7-9-15-20(18)27-16-10-4-3-5-11-16/h3-15H,2H2,1H3,(H,23,24). The highest BCUT2D eigenvalue weighted by atomic mass is 16.5. The molecule has 5 heteroatoms. The summed E-state index contributed by atoms with van der Waals surface area (Å²) < 4.78 is 10.9. The van der Waals surface area contributed by atoms with Gasteiger partial charge in [0.2, 0.25) is 0 Å². The summed E-state index contributed by atoms with van der Waals surface area (Å²) >= 11 is 0. The summed E-state index contributed by atoms with van der Waals surface area (Å²) in [5.74, 6) is 0.194. The lowest BCUT2D eigenvalue weighted by atomic mass is 10.1. The molecule has 0 spiro atoms. The average molecular weight is 361 g/mol. The number of rotatable bonds is 6. The summed E-state index contributed by atoms with van der Waals surface area (Å²) in [6.45, 7) is 1.99. The lowest BCUT2D eigenvalue weighted by Crippen LogP contribution is -2.16. The second kappa shape index (κ2) is 8.67. The van der Waals surface area contributed by atoms with Crippen molar-refractivity contribution in [3.05, 3.63) is 90.0 Å². The first kappa shape index (κ1) is 18.2. The number of carbonyl (C=O) groups excluding carboxylic acids is 2. The highest BCUT2D eigenvalue weighted by Crippen LogP contribution is 2.26. The van der Waals surface area contributed by atoms with Gasteiger partial charge in [-0.1, -0.05) is 42.5 Å². The molecule has 0 aliphatic rings. The van der Waals surface area contributed by atoms with E-state index in [2.05, 4.69) is 5.32 Å². The molecule has 0 radical (unpaired) electrons. The van der Waals surface area contributed by atoms with Crippen LogP contribution in [0.1, 0.15) is 27.6 Å². The minimum absolute atomic E-state index is 0.259. The second-order valence-electron chi connectivity index (χ2n) is 5.63. The molecule has 27 heavy (non-hydrogen) atoms. The molecular formula is C22H19NO4. The summed E-state index contributed by atoms with van der Waals surface area (Å²) in [7, 11) is 0. The highest BCUT2D eigenvalue weighted by Gasteiger charge is 2.17. The Labute approximate surface area is 157 Å². The zero-order valence-corrected chi connectivity index (χ0v) is 14.8. The molecule has 0 heterocycles.